The molecule has 0 fully saturated rings. The zero-order valence-corrected chi connectivity index (χ0v) is 17.7. The van der Waals surface area contributed by atoms with Crippen LogP contribution in [0.1, 0.15) is 38.3 Å². The van der Waals surface area contributed by atoms with Gasteiger partial charge in [0.05, 0.1) is 0 Å². The minimum absolute atomic E-state index is 0.291. The predicted molar refractivity (Wildman–Crippen MR) is 111 cm³/mol. The van der Waals surface area contributed by atoms with Gasteiger partial charge in [-0.15, -0.1) is 10.2 Å². The standard InChI is InChI=1S/C21H23ClFN3OS/c1-14(2)12-26-20(15(3)27-18-10-8-17(23)9-11-18)24-25-21(26)28-13-16-6-4-5-7-19(16)22/h4-11,14-15H,12-13H2,1-3H3. The zero-order valence-electron chi connectivity index (χ0n) is 16.1. The second-order valence-corrected chi connectivity index (χ2v) is 8.29. The minimum atomic E-state index is -0.314. The Bertz CT molecular complexity index is 914. The fourth-order valence-corrected chi connectivity index (χ4v) is 4.01. The topological polar surface area (TPSA) is 39.9 Å². The maximum Gasteiger partial charge on any atom is 0.191 e. The van der Waals surface area contributed by atoms with Crippen molar-refractivity contribution in [2.45, 2.75) is 44.3 Å². The maximum absolute atomic E-state index is 13.1. The molecule has 1 aromatic heterocycles. The van der Waals surface area contributed by atoms with Gasteiger partial charge >= 0.3 is 0 Å². The van der Waals surface area contributed by atoms with E-state index in [4.69, 9.17) is 16.3 Å². The van der Waals surface area contributed by atoms with Crippen molar-refractivity contribution in [2.24, 2.45) is 5.92 Å². The Morgan fingerprint density at radius 2 is 1.79 bits per heavy atom. The molecule has 148 valence electrons. The van der Waals surface area contributed by atoms with Crippen molar-refractivity contribution in [1.29, 1.82) is 0 Å². The Morgan fingerprint density at radius 3 is 2.46 bits per heavy atom. The van der Waals surface area contributed by atoms with E-state index in [0.717, 1.165) is 28.1 Å². The van der Waals surface area contributed by atoms with Crippen LogP contribution >= 0.6 is 23.4 Å². The van der Waals surface area contributed by atoms with Gasteiger partial charge in [0, 0.05) is 17.3 Å². The fraction of sp³-hybridized carbons (Fsp3) is 0.333. The van der Waals surface area contributed by atoms with Crippen LogP contribution in [0, 0.1) is 11.7 Å². The van der Waals surface area contributed by atoms with Gasteiger partial charge in [-0.3, -0.25) is 0 Å². The fourth-order valence-electron chi connectivity index (χ4n) is 2.77. The molecule has 4 nitrogen and oxygen atoms in total. The Morgan fingerprint density at radius 1 is 1.07 bits per heavy atom. The molecule has 0 saturated heterocycles. The quantitative estimate of drug-likeness (QED) is 0.410. The van der Waals surface area contributed by atoms with Crippen LogP contribution in [0.2, 0.25) is 5.02 Å². The maximum atomic E-state index is 13.1. The van der Waals surface area contributed by atoms with E-state index in [1.54, 1.807) is 23.9 Å². The summed E-state index contributed by atoms with van der Waals surface area (Å²) in [4.78, 5) is 0. The third-order valence-corrected chi connectivity index (χ3v) is 5.48. The molecule has 3 rings (SSSR count). The molecule has 0 amide bonds. The van der Waals surface area contributed by atoms with Crippen LogP contribution in [0.5, 0.6) is 5.75 Å². The van der Waals surface area contributed by atoms with Gasteiger partial charge in [0.25, 0.3) is 0 Å². The van der Waals surface area contributed by atoms with Gasteiger partial charge in [0.15, 0.2) is 17.1 Å². The van der Waals surface area contributed by atoms with Crippen LogP contribution < -0.4 is 4.74 Å². The van der Waals surface area contributed by atoms with Crippen LogP contribution in [-0.4, -0.2) is 14.8 Å². The Kier molecular flexibility index (Phi) is 6.97. The lowest BCUT2D eigenvalue weighted by molar-refractivity contribution is 0.207. The highest BCUT2D eigenvalue weighted by atomic mass is 35.5. The molecular formula is C21H23ClFN3OS. The first-order valence-corrected chi connectivity index (χ1v) is 10.5. The smallest absolute Gasteiger partial charge is 0.191 e. The lowest BCUT2D eigenvalue weighted by atomic mass is 10.2. The van der Waals surface area contributed by atoms with Gasteiger partial charge < -0.3 is 9.30 Å². The van der Waals surface area contributed by atoms with Gasteiger partial charge in [-0.2, -0.15) is 0 Å². The first-order valence-electron chi connectivity index (χ1n) is 9.15. The SMILES string of the molecule is CC(C)Cn1c(SCc2ccccc2Cl)nnc1C(C)Oc1ccc(F)cc1. The first kappa shape index (κ1) is 20.7. The third-order valence-electron chi connectivity index (χ3n) is 4.10. The van der Waals surface area contributed by atoms with Crippen LogP contribution in [0.15, 0.2) is 53.7 Å². The Balaban J connectivity index is 1.79. The van der Waals surface area contributed by atoms with E-state index in [1.165, 1.54) is 12.1 Å². The predicted octanol–water partition coefficient (Wildman–Crippen LogP) is 6.16. The van der Waals surface area contributed by atoms with Crippen molar-refractivity contribution >= 4 is 23.4 Å². The van der Waals surface area contributed by atoms with Crippen molar-refractivity contribution in [3.05, 3.63) is 70.8 Å². The molecule has 7 heteroatoms. The Labute approximate surface area is 174 Å². The number of halogens is 2. The number of aromatic nitrogens is 3. The van der Waals surface area contributed by atoms with Crippen molar-refractivity contribution in [1.82, 2.24) is 14.8 Å². The molecule has 28 heavy (non-hydrogen) atoms. The molecule has 0 aliphatic rings. The molecule has 1 atom stereocenters. The summed E-state index contributed by atoms with van der Waals surface area (Å²) in [6.45, 7) is 7.01. The van der Waals surface area contributed by atoms with Crippen LogP contribution in [-0.2, 0) is 12.3 Å². The molecule has 3 aromatic rings. The highest BCUT2D eigenvalue weighted by Crippen LogP contribution is 2.29. The van der Waals surface area contributed by atoms with Crippen molar-refractivity contribution in [2.75, 3.05) is 0 Å². The lowest BCUT2D eigenvalue weighted by Crippen LogP contribution is -2.15. The summed E-state index contributed by atoms with van der Waals surface area (Å²) in [5, 5.41) is 10.3. The van der Waals surface area contributed by atoms with E-state index in [2.05, 4.69) is 28.6 Å². The first-order chi connectivity index (χ1) is 13.4. The van der Waals surface area contributed by atoms with Gasteiger partial charge in [-0.05, 0) is 48.7 Å². The van der Waals surface area contributed by atoms with E-state index >= 15 is 0 Å². The minimum Gasteiger partial charge on any atom is -0.483 e. The molecule has 1 heterocycles. The molecule has 0 N–H and O–H groups in total. The van der Waals surface area contributed by atoms with E-state index in [9.17, 15) is 4.39 Å². The molecule has 0 radical (unpaired) electrons. The van der Waals surface area contributed by atoms with Crippen molar-refractivity contribution < 1.29 is 9.13 Å². The van der Waals surface area contributed by atoms with Gasteiger partial charge in [-0.1, -0.05) is 55.4 Å². The average Bonchev–Trinajstić information content (AvgIpc) is 3.05. The molecule has 0 spiro atoms. The van der Waals surface area contributed by atoms with E-state index in [-0.39, 0.29) is 11.9 Å². The summed E-state index contributed by atoms with van der Waals surface area (Å²) >= 11 is 7.87. The summed E-state index contributed by atoms with van der Waals surface area (Å²) in [5.74, 6) is 2.19. The van der Waals surface area contributed by atoms with E-state index < -0.39 is 0 Å². The summed E-state index contributed by atoms with van der Waals surface area (Å²) in [7, 11) is 0. The average molecular weight is 420 g/mol. The highest BCUT2D eigenvalue weighted by molar-refractivity contribution is 7.98. The van der Waals surface area contributed by atoms with E-state index in [0.29, 0.717) is 17.4 Å². The molecular weight excluding hydrogens is 397 g/mol. The third kappa shape index (κ3) is 5.26. The number of ether oxygens (including phenoxy) is 1. The molecule has 0 saturated carbocycles. The highest BCUT2D eigenvalue weighted by Gasteiger charge is 2.20. The monoisotopic (exact) mass is 419 g/mol. The van der Waals surface area contributed by atoms with Crippen LogP contribution in [0.25, 0.3) is 0 Å². The summed E-state index contributed by atoms with van der Waals surface area (Å²) in [6, 6.07) is 13.8. The molecule has 1 unspecified atom stereocenters. The number of hydrogen-bond donors (Lipinski definition) is 0. The van der Waals surface area contributed by atoms with E-state index in [1.807, 2.05) is 31.2 Å². The van der Waals surface area contributed by atoms with Gasteiger partial charge in [0.1, 0.15) is 11.6 Å². The van der Waals surface area contributed by atoms with Crippen LogP contribution in [0.3, 0.4) is 0 Å². The Hall–Kier alpha value is -2.05. The number of nitrogens with zero attached hydrogens (tertiary/aromatic N) is 3. The molecule has 0 aliphatic carbocycles. The van der Waals surface area contributed by atoms with Crippen molar-refractivity contribution in [3.63, 3.8) is 0 Å². The largest absolute Gasteiger partial charge is 0.483 e. The summed E-state index contributed by atoms with van der Waals surface area (Å²) in [5.41, 5.74) is 1.06. The number of hydrogen-bond acceptors (Lipinski definition) is 4. The second kappa shape index (κ2) is 9.43. The second-order valence-electron chi connectivity index (χ2n) is 6.94. The normalized spacial score (nSPS) is 12.4. The zero-order chi connectivity index (χ0) is 20.1. The molecule has 0 aliphatic heterocycles. The summed E-state index contributed by atoms with van der Waals surface area (Å²) in [6.07, 6.45) is -0.314. The summed E-state index contributed by atoms with van der Waals surface area (Å²) < 4.78 is 21.2. The van der Waals surface area contributed by atoms with Gasteiger partial charge in [0.2, 0.25) is 0 Å². The number of benzene rings is 2. The molecule has 2 aromatic carbocycles. The number of thioether (sulfide) groups is 1. The van der Waals surface area contributed by atoms with Crippen LogP contribution in [0.4, 0.5) is 4.39 Å². The lowest BCUT2D eigenvalue weighted by Gasteiger charge is -2.18. The van der Waals surface area contributed by atoms with Crippen molar-refractivity contribution in [3.8, 4) is 5.75 Å². The molecule has 0 bridgehead atoms. The van der Waals surface area contributed by atoms with Gasteiger partial charge in [-0.25, -0.2) is 4.39 Å². The number of rotatable bonds is 8.